The van der Waals surface area contributed by atoms with Gasteiger partial charge in [0.25, 0.3) is 5.91 Å². The van der Waals surface area contributed by atoms with E-state index in [0.717, 1.165) is 13.0 Å². The number of benzene rings is 2. The largest absolute Gasteiger partial charge is 0.335 e. The van der Waals surface area contributed by atoms with E-state index in [4.69, 9.17) is 5.26 Å². The highest BCUT2D eigenvalue weighted by atomic mass is 16.2. The van der Waals surface area contributed by atoms with Gasteiger partial charge >= 0.3 is 0 Å². The van der Waals surface area contributed by atoms with Gasteiger partial charge in [0.2, 0.25) is 0 Å². The molecule has 2 unspecified atom stereocenters. The molecular formula is C19H18N2O. The van der Waals surface area contributed by atoms with Crippen LogP contribution in [0, 0.1) is 11.3 Å². The summed E-state index contributed by atoms with van der Waals surface area (Å²) in [6.07, 6.45) is 0.980. The van der Waals surface area contributed by atoms with Gasteiger partial charge < -0.3 is 4.90 Å². The lowest BCUT2D eigenvalue weighted by Gasteiger charge is -2.21. The Morgan fingerprint density at radius 3 is 2.68 bits per heavy atom. The van der Waals surface area contributed by atoms with Crippen molar-refractivity contribution in [1.29, 1.82) is 5.26 Å². The second-order valence-electron chi connectivity index (χ2n) is 5.84. The van der Waals surface area contributed by atoms with E-state index >= 15 is 0 Å². The lowest BCUT2D eigenvalue weighted by molar-refractivity contribution is 0.0746. The van der Waals surface area contributed by atoms with Crippen LogP contribution in [-0.2, 0) is 0 Å². The standard InChI is InChI=1S/C19H18N2O/c1-14-10-18(16-7-3-2-4-8-16)13-21(14)19(22)17-9-5-6-15(11-17)12-20/h2-9,11,14,18H,10,13H2,1H3. The van der Waals surface area contributed by atoms with Crippen LogP contribution in [0.25, 0.3) is 0 Å². The van der Waals surface area contributed by atoms with Crippen molar-refractivity contribution in [2.24, 2.45) is 0 Å². The van der Waals surface area contributed by atoms with Crippen LogP contribution in [0.5, 0.6) is 0 Å². The molecular weight excluding hydrogens is 272 g/mol. The van der Waals surface area contributed by atoms with Gasteiger partial charge in [-0.25, -0.2) is 0 Å². The van der Waals surface area contributed by atoms with Crippen molar-refractivity contribution in [2.45, 2.75) is 25.3 Å². The Kier molecular flexibility index (Phi) is 3.93. The highest BCUT2D eigenvalue weighted by Gasteiger charge is 2.33. The average Bonchev–Trinajstić information content (AvgIpc) is 2.97. The van der Waals surface area contributed by atoms with Crippen molar-refractivity contribution < 1.29 is 4.79 Å². The Balaban J connectivity index is 1.80. The zero-order chi connectivity index (χ0) is 15.5. The zero-order valence-electron chi connectivity index (χ0n) is 12.6. The fourth-order valence-electron chi connectivity index (χ4n) is 3.17. The maximum absolute atomic E-state index is 12.7. The van der Waals surface area contributed by atoms with Crippen molar-refractivity contribution in [2.75, 3.05) is 6.54 Å². The normalized spacial score (nSPS) is 20.6. The van der Waals surface area contributed by atoms with E-state index in [2.05, 4.69) is 25.1 Å². The second kappa shape index (κ2) is 6.03. The van der Waals surface area contributed by atoms with Crippen LogP contribution in [0.4, 0.5) is 0 Å². The van der Waals surface area contributed by atoms with Gasteiger partial charge in [-0.1, -0.05) is 36.4 Å². The highest BCUT2D eigenvalue weighted by molar-refractivity contribution is 5.95. The van der Waals surface area contributed by atoms with Gasteiger partial charge in [0.15, 0.2) is 0 Å². The number of carbonyl (C=O) groups excluding carboxylic acids is 1. The quantitative estimate of drug-likeness (QED) is 0.848. The second-order valence-corrected chi connectivity index (χ2v) is 5.84. The van der Waals surface area contributed by atoms with Crippen LogP contribution in [0.1, 0.15) is 40.7 Å². The molecule has 0 aromatic heterocycles. The van der Waals surface area contributed by atoms with E-state index in [0.29, 0.717) is 17.0 Å². The first-order chi connectivity index (χ1) is 10.7. The van der Waals surface area contributed by atoms with Crippen LogP contribution in [-0.4, -0.2) is 23.4 Å². The molecule has 1 aliphatic rings. The molecule has 0 spiro atoms. The zero-order valence-corrected chi connectivity index (χ0v) is 12.6. The third-order valence-corrected chi connectivity index (χ3v) is 4.35. The number of rotatable bonds is 2. The lowest BCUT2D eigenvalue weighted by atomic mass is 9.97. The van der Waals surface area contributed by atoms with Crippen molar-refractivity contribution >= 4 is 5.91 Å². The molecule has 0 saturated carbocycles. The molecule has 1 saturated heterocycles. The van der Waals surface area contributed by atoms with Gasteiger partial charge in [-0.05, 0) is 37.1 Å². The van der Waals surface area contributed by atoms with E-state index in [1.807, 2.05) is 23.1 Å². The summed E-state index contributed by atoms with van der Waals surface area (Å²) >= 11 is 0. The molecule has 3 heteroatoms. The summed E-state index contributed by atoms with van der Waals surface area (Å²) in [5.41, 5.74) is 2.41. The molecule has 2 aromatic rings. The molecule has 1 heterocycles. The van der Waals surface area contributed by atoms with Crippen LogP contribution in [0.2, 0.25) is 0 Å². The fourth-order valence-corrected chi connectivity index (χ4v) is 3.17. The third-order valence-electron chi connectivity index (χ3n) is 4.35. The molecule has 0 bridgehead atoms. The average molecular weight is 290 g/mol. The molecule has 1 fully saturated rings. The van der Waals surface area contributed by atoms with Crippen molar-refractivity contribution in [3.63, 3.8) is 0 Å². The first-order valence-electron chi connectivity index (χ1n) is 7.55. The predicted molar refractivity (Wildman–Crippen MR) is 85.5 cm³/mol. The summed E-state index contributed by atoms with van der Waals surface area (Å²) in [6, 6.07) is 19.6. The third kappa shape index (κ3) is 2.73. The number of nitrogens with zero attached hydrogens (tertiary/aromatic N) is 2. The molecule has 22 heavy (non-hydrogen) atoms. The molecule has 3 rings (SSSR count). The summed E-state index contributed by atoms with van der Waals surface area (Å²) in [7, 11) is 0. The number of likely N-dealkylation sites (tertiary alicyclic amines) is 1. The molecule has 1 aliphatic heterocycles. The van der Waals surface area contributed by atoms with Gasteiger partial charge in [0, 0.05) is 24.1 Å². The maximum Gasteiger partial charge on any atom is 0.254 e. The summed E-state index contributed by atoms with van der Waals surface area (Å²) < 4.78 is 0. The lowest BCUT2D eigenvalue weighted by Crippen LogP contribution is -2.33. The predicted octanol–water partition coefficient (Wildman–Crippen LogP) is 3.58. The smallest absolute Gasteiger partial charge is 0.254 e. The Morgan fingerprint density at radius 1 is 1.18 bits per heavy atom. The van der Waals surface area contributed by atoms with Gasteiger partial charge in [0.1, 0.15) is 0 Å². The molecule has 110 valence electrons. The first kappa shape index (κ1) is 14.3. The number of hydrogen-bond acceptors (Lipinski definition) is 2. The number of nitriles is 1. The minimum absolute atomic E-state index is 0.0167. The van der Waals surface area contributed by atoms with E-state index in [-0.39, 0.29) is 11.9 Å². The topological polar surface area (TPSA) is 44.1 Å². The Morgan fingerprint density at radius 2 is 1.95 bits per heavy atom. The molecule has 0 aliphatic carbocycles. The summed E-state index contributed by atoms with van der Waals surface area (Å²) in [6.45, 7) is 2.83. The summed E-state index contributed by atoms with van der Waals surface area (Å²) in [5, 5.41) is 8.98. The van der Waals surface area contributed by atoms with E-state index in [1.54, 1.807) is 24.3 Å². The minimum atomic E-state index is 0.0167. The minimum Gasteiger partial charge on any atom is -0.335 e. The molecule has 3 nitrogen and oxygen atoms in total. The first-order valence-corrected chi connectivity index (χ1v) is 7.55. The monoisotopic (exact) mass is 290 g/mol. The molecule has 0 N–H and O–H groups in total. The molecule has 2 aromatic carbocycles. The fraction of sp³-hybridized carbons (Fsp3) is 0.263. The van der Waals surface area contributed by atoms with E-state index in [1.165, 1.54) is 5.56 Å². The summed E-state index contributed by atoms with van der Waals surface area (Å²) in [5.74, 6) is 0.405. The molecule has 2 atom stereocenters. The van der Waals surface area contributed by atoms with Gasteiger partial charge in [-0.2, -0.15) is 5.26 Å². The van der Waals surface area contributed by atoms with Crippen LogP contribution in [0.15, 0.2) is 54.6 Å². The molecule has 1 amide bonds. The van der Waals surface area contributed by atoms with E-state index in [9.17, 15) is 4.79 Å². The van der Waals surface area contributed by atoms with E-state index < -0.39 is 0 Å². The van der Waals surface area contributed by atoms with Gasteiger partial charge in [-0.15, -0.1) is 0 Å². The van der Waals surface area contributed by atoms with Gasteiger partial charge in [-0.3, -0.25) is 4.79 Å². The number of carbonyl (C=O) groups is 1. The molecule has 0 radical (unpaired) electrons. The number of amides is 1. The Hall–Kier alpha value is -2.60. The Labute approximate surface area is 130 Å². The van der Waals surface area contributed by atoms with Crippen molar-refractivity contribution in [3.8, 4) is 6.07 Å². The number of hydrogen-bond donors (Lipinski definition) is 0. The summed E-state index contributed by atoms with van der Waals surface area (Å²) in [4.78, 5) is 14.6. The van der Waals surface area contributed by atoms with Gasteiger partial charge in [0.05, 0.1) is 11.6 Å². The SMILES string of the molecule is CC1CC(c2ccccc2)CN1C(=O)c1cccc(C#N)c1. The van der Waals surface area contributed by atoms with Crippen molar-refractivity contribution in [1.82, 2.24) is 4.90 Å². The Bertz CT molecular complexity index is 718. The van der Waals surface area contributed by atoms with Crippen LogP contribution >= 0.6 is 0 Å². The maximum atomic E-state index is 12.7. The van der Waals surface area contributed by atoms with Crippen molar-refractivity contribution in [3.05, 3.63) is 71.3 Å². The van der Waals surface area contributed by atoms with Crippen LogP contribution < -0.4 is 0 Å². The van der Waals surface area contributed by atoms with Crippen LogP contribution in [0.3, 0.4) is 0 Å². The highest BCUT2D eigenvalue weighted by Crippen LogP contribution is 2.32.